The predicted octanol–water partition coefficient (Wildman–Crippen LogP) is 2.92. The van der Waals surface area contributed by atoms with Crippen LogP contribution in [0.4, 0.5) is 18.3 Å². The van der Waals surface area contributed by atoms with Crippen LogP contribution in [0.15, 0.2) is 29.4 Å². The first kappa shape index (κ1) is 18.5. The molecule has 0 unspecified atom stereocenters. The van der Waals surface area contributed by atoms with Gasteiger partial charge in [-0.2, -0.15) is 17.9 Å². The van der Waals surface area contributed by atoms with Gasteiger partial charge in [0.15, 0.2) is 0 Å². The Morgan fingerprint density at radius 1 is 1.23 bits per heavy atom. The summed E-state index contributed by atoms with van der Waals surface area (Å²) in [5.74, 6) is -0.694. The van der Waals surface area contributed by atoms with E-state index >= 15 is 0 Å². The highest BCUT2D eigenvalue weighted by Gasteiger charge is 2.35. The van der Waals surface area contributed by atoms with Crippen molar-refractivity contribution in [3.05, 3.63) is 34.3 Å². The first-order chi connectivity index (χ1) is 12.3. The number of aromatic nitrogens is 6. The van der Waals surface area contributed by atoms with Crippen LogP contribution < -0.4 is 5.32 Å². The Morgan fingerprint density at radius 2 is 1.96 bits per heavy atom. The van der Waals surface area contributed by atoms with Crippen LogP contribution >= 0.6 is 34.7 Å². The molecule has 0 atom stereocenters. The maximum absolute atomic E-state index is 12.5. The van der Waals surface area contributed by atoms with E-state index in [0.29, 0.717) is 15.9 Å². The van der Waals surface area contributed by atoms with E-state index < -0.39 is 17.1 Å². The predicted molar refractivity (Wildman–Crippen MR) is 88.4 cm³/mol. The number of alkyl halides is 3. The number of halogens is 4. The third-order valence-electron chi connectivity index (χ3n) is 2.76. The summed E-state index contributed by atoms with van der Waals surface area (Å²) in [6, 6.07) is 6.71. The fraction of sp³-hybridized carbons (Fsp3) is 0.167. The Bertz CT molecular complexity index is 912. The van der Waals surface area contributed by atoms with Crippen molar-refractivity contribution < 1.29 is 18.0 Å². The van der Waals surface area contributed by atoms with Crippen LogP contribution in [0.1, 0.15) is 5.01 Å². The van der Waals surface area contributed by atoms with Crippen molar-refractivity contribution in [2.75, 3.05) is 11.1 Å². The lowest BCUT2D eigenvalue weighted by Gasteiger charge is -2.04. The van der Waals surface area contributed by atoms with E-state index in [4.69, 9.17) is 11.6 Å². The molecule has 2 aromatic heterocycles. The molecule has 8 nitrogen and oxygen atoms in total. The summed E-state index contributed by atoms with van der Waals surface area (Å²) in [4.78, 5) is 11.9. The van der Waals surface area contributed by atoms with E-state index in [1.54, 1.807) is 24.3 Å². The van der Waals surface area contributed by atoms with E-state index in [0.717, 1.165) is 11.8 Å². The molecule has 0 aliphatic rings. The Kier molecular flexibility index (Phi) is 5.38. The molecule has 136 valence electrons. The monoisotopic (exact) mass is 421 g/mol. The van der Waals surface area contributed by atoms with E-state index in [-0.39, 0.29) is 22.2 Å². The van der Waals surface area contributed by atoms with Gasteiger partial charge in [-0.15, -0.1) is 15.3 Å². The molecule has 26 heavy (non-hydrogen) atoms. The summed E-state index contributed by atoms with van der Waals surface area (Å²) >= 11 is 7.08. The maximum atomic E-state index is 12.5. The number of tetrazole rings is 1. The minimum atomic E-state index is -4.60. The first-order valence-electron chi connectivity index (χ1n) is 6.70. The maximum Gasteiger partial charge on any atom is 0.445 e. The Hall–Kier alpha value is -2.25. The Morgan fingerprint density at radius 3 is 2.62 bits per heavy atom. The smallest absolute Gasteiger partial charge is 0.300 e. The van der Waals surface area contributed by atoms with Gasteiger partial charge in [0, 0.05) is 5.02 Å². The van der Waals surface area contributed by atoms with Crippen molar-refractivity contribution in [3.63, 3.8) is 0 Å². The molecule has 0 saturated heterocycles. The molecule has 0 fully saturated rings. The summed E-state index contributed by atoms with van der Waals surface area (Å²) in [7, 11) is 0. The van der Waals surface area contributed by atoms with Crippen molar-refractivity contribution >= 4 is 45.7 Å². The number of thioether (sulfide) groups is 1. The molecular weight excluding hydrogens is 415 g/mol. The zero-order chi connectivity index (χ0) is 18.7. The third kappa shape index (κ3) is 4.47. The lowest BCUT2D eigenvalue weighted by molar-refractivity contribution is -0.138. The molecule has 2 heterocycles. The second-order valence-electron chi connectivity index (χ2n) is 4.60. The average Bonchev–Trinajstić information content (AvgIpc) is 3.22. The number of benzene rings is 1. The first-order valence-corrected chi connectivity index (χ1v) is 8.88. The quantitative estimate of drug-likeness (QED) is 0.632. The molecule has 1 N–H and O–H groups in total. The standard InChI is InChI=1S/C12H7ClF3N7OS2/c13-6-1-3-7(4-2-6)23-11(20-21-22-23)25-5-8(24)17-10-19-18-9(26-10)12(14,15)16/h1-4H,5H2,(H,17,19,24). The number of anilines is 1. The lowest BCUT2D eigenvalue weighted by atomic mass is 10.3. The van der Waals surface area contributed by atoms with Gasteiger partial charge in [-0.3, -0.25) is 10.1 Å². The van der Waals surface area contributed by atoms with E-state index in [2.05, 4.69) is 31.0 Å². The summed E-state index contributed by atoms with van der Waals surface area (Å²) in [6.45, 7) is 0. The number of rotatable bonds is 5. The number of hydrogen-bond acceptors (Lipinski definition) is 8. The van der Waals surface area contributed by atoms with Crippen molar-refractivity contribution in [2.24, 2.45) is 0 Å². The minimum absolute atomic E-state index is 0.130. The topological polar surface area (TPSA) is 98.5 Å². The number of nitrogens with zero attached hydrogens (tertiary/aromatic N) is 6. The number of nitrogens with one attached hydrogen (secondary N) is 1. The highest BCUT2D eigenvalue weighted by molar-refractivity contribution is 7.99. The number of carbonyl (C=O) groups is 1. The molecule has 1 aromatic carbocycles. The highest BCUT2D eigenvalue weighted by atomic mass is 35.5. The van der Waals surface area contributed by atoms with Crippen LogP contribution in [0.25, 0.3) is 5.69 Å². The summed E-state index contributed by atoms with van der Waals surface area (Å²) < 4.78 is 38.8. The molecule has 0 aliphatic heterocycles. The van der Waals surface area contributed by atoms with Gasteiger partial charge in [-0.25, -0.2) is 0 Å². The van der Waals surface area contributed by atoms with Crippen molar-refractivity contribution in [2.45, 2.75) is 11.3 Å². The highest BCUT2D eigenvalue weighted by Crippen LogP contribution is 2.33. The van der Waals surface area contributed by atoms with Gasteiger partial charge in [-0.1, -0.05) is 34.7 Å². The number of hydrogen-bond donors (Lipinski definition) is 1. The second-order valence-corrected chi connectivity index (χ2v) is 6.95. The number of amides is 1. The van der Waals surface area contributed by atoms with Crippen LogP contribution in [0, 0.1) is 0 Å². The van der Waals surface area contributed by atoms with Crippen LogP contribution in [0.3, 0.4) is 0 Å². The zero-order valence-electron chi connectivity index (χ0n) is 12.4. The molecule has 0 spiro atoms. The fourth-order valence-electron chi connectivity index (χ4n) is 1.69. The SMILES string of the molecule is O=C(CSc1nnnn1-c1ccc(Cl)cc1)Nc1nnc(C(F)(F)F)s1. The normalized spacial score (nSPS) is 11.5. The molecule has 0 radical (unpaired) electrons. The summed E-state index contributed by atoms with van der Waals surface area (Å²) in [6.07, 6.45) is -4.60. The van der Waals surface area contributed by atoms with Gasteiger partial charge in [-0.05, 0) is 34.7 Å². The van der Waals surface area contributed by atoms with Crippen molar-refractivity contribution in [1.82, 2.24) is 30.4 Å². The fourth-order valence-corrected chi connectivity index (χ4v) is 3.13. The van der Waals surface area contributed by atoms with Gasteiger partial charge in [0.25, 0.3) is 0 Å². The second kappa shape index (κ2) is 7.55. The van der Waals surface area contributed by atoms with Gasteiger partial charge in [0.1, 0.15) is 0 Å². The molecule has 0 aliphatic carbocycles. The molecule has 1 amide bonds. The van der Waals surface area contributed by atoms with Crippen LogP contribution in [0.2, 0.25) is 5.02 Å². The molecule has 0 bridgehead atoms. The van der Waals surface area contributed by atoms with Crippen molar-refractivity contribution in [3.8, 4) is 5.69 Å². The minimum Gasteiger partial charge on any atom is -0.300 e. The summed E-state index contributed by atoms with van der Waals surface area (Å²) in [5.41, 5.74) is 0.640. The molecule has 14 heteroatoms. The Balaban J connectivity index is 1.61. The van der Waals surface area contributed by atoms with E-state index in [1.165, 1.54) is 4.68 Å². The average molecular weight is 422 g/mol. The van der Waals surface area contributed by atoms with Crippen molar-refractivity contribution in [1.29, 1.82) is 0 Å². The molecule has 3 rings (SSSR count). The summed E-state index contributed by atoms with van der Waals surface area (Å²) in [5, 5.41) is 19.2. The van der Waals surface area contributed by atoms with E-state index in [1.807, 2.05) is 0 Å². The molecular formula is C12H7ClF3N7OS2. The number of carbonyl (C=O) groups excluding carboxylic acids is 1. The third-order valence-corrected chi connectivity index (χ3v) is 4.81. The van der Waals surface area contributed by atoms with Gasteiger partial charge < -0.3 is 0 Å². The zero-order valence-corrected chi connectivity index (χ0v) is 14.8. The van der Waals surface area contributed by atoms with Crippen LogP contribution in [-0.4, -0.2) is 42.1 Å². The van der Waals surface area contributed by atoms with Gasteiger partial charge >= 0.3 is 6.18 Å². The van der Waals surface area contributed by atoms with Gasteiger partial charge in [0.05, 0.1) is 11.4 Å². The molecule has 3 aromatic rings. The van der Waals surface area contributed by atoms with E-state index in [9.17, 15) is 18.0 Å². The van der Waals surface area contributed by atoms with Gasteiger partial charge in [0.2, 0.25) is 21.2 Å². The lowest BCUT2D eigenvalue weighted by Crippen LogP contribution is -2.14. The molecule has 0 saturated carbocycles. The largest absolute Gasteiger partial charge is 0.445 e. The van der Waals surface area contributed by atoms with Crippen LogP contribution in [0.5, 0.6) is 0 Å². The Labute approximate surface area is 156 Å². The van der Waals surface area contributed by atoms with Crippen LogP contribution in [-0.2, 0) is 11.0 Å².